The third kappa shape index (κ3) is 2.03. The summed E-state index contributed by atoms with van der Waals surface area (Å²) in [4.78, 5) is 0. The molecule has 2 nitrogen and oxygen atoms in total. The summed E-state index contributed by atoms with van der Waals surface area (Å²) in [5, 5.41) is 11.1. The summed E-state index contributed by atoms with van der Waals surface area (Å²) in [6.07, 6.45) is 2.75. The quantitative estimate of drug-likeness (QED) is 0.840. The minimum Gasteiger partial charge on any atom is -0.383 e. The van der Waals surface area contributed by atoms with Gasteiger partial charge in [-0.2, -0.15) is 0 Å². The average Bonchev–Trinajstić information content (AvgIpc) is 2.20. The van der Waals surface area contributed by atoms with Gasteiger partial charge in [-0.1, -0.05) is 17.7 Å². The minimum atomic E-state index is -0.854. The summed E-state index contributed by atoms with van der Waals surface area (Å²) in [5.41, 5.74) is 1.26. The maximum Gasteiger partial charge on any atom is 0.113 e. The van der Waals surface area contributed by atoms with Crippen LogP contribution in [0.1, 0.15) is 24.0 Å². The van der Waals surface area contributed by atoms with Crippen molar-refractivity contribution in [2.24, 2.45) is 0 Å². The second-order valence-electron chi connectivity index (χ2n) is 4.12. The number of hydrogen-bond acceptors (Lipinski definition) is 2. The van der Waals surface area contributed by atoms with Crippen molar-refractivity contribution in [1.82, 2.24) is 0 Å². The highest BCUT2D eigenvalue weighted by atomic mass is 35.5. The molecule has 0 spiro atoms. The third-order valence-corrected chi connectivity index (χ3v) is 3.23. The number of rotatable bonds is 2. The summed E-state index contributed by atoms with van der Waals surface area (Å²) in [7, 11) is 1.61. The molecule has 1 N–H and O–H groups in total. The van der Waals surface area contributed by atoms with Crippen LogP contribution in [0, 0.1) is 0 Å². The van der Waals surface area contributed by atoms with E-state index in [2.05, 4.69) is 0 Å². The smallest absolute Gasteiger partial charge is 0.113 e. The lowest BCUT2D eigenvalue weighted by atomic mass is 9.79. The van der Waals surface area contributed by atoms with Crippen molar-refractivity contribution in [3.8, 4) is 0 Å². The second kappa shape index (κ2) is 4.12. The number of ether oxygens (including phenoxy) is 1. The van der Waals surface area contributed by atoms with Gasteiger partial charge in [0.15, 0.2) is 0 Å². The van der Waals surface area contributed by atoms with Crippen LogP contribution in [0.5, 0.6) is 0 Å². The van der Waals surface area contributed by atoms with Gasteiger partial charge in [0.2, 0.25) is 0 Å². The first kappa shape index (κ1) is 10.9. The SMILES string of the molecule is COCC1(O)CCCc2ccc(Cl)cc21. The Morgan fingerprint density at radius 2 is 2.33 bits per heavy atom. The molecule has 0 heterocycles. The van der Waals surface area contributed by atoms with Crippen molar-refractivity contribution in [1.29, 1.82) is 0 Å². The Bertz CT molecular complexity index is 365. The maximum atomic E-state index is 10.5. The van der Waals surface area contributed by atoms with Crippen LogP contribution in [-0.4, -0.2) is 18.8 Å². The van der Waals surface area contributed by atoms with E-state index in [1.54, 1.807) is 7.11 Å². The lowest BCUT2D eigenvalue weighted by molar-refractivity contribution is -0.0479. The summed E-state index contributed by atoms with van der Waals surface area (Å²) >= 11 is 5.95. The molecule has 1 atom stereocenters. The number of methoxy groups -OCH3 is 1. The van der Waals surface area contributed by atoms with Gasteiger partial charge in [-0.3, -0.25) is 0 Å². The fraction of sp³-hybridized carbons (Fsp3) is 0.500. The van der Waals surface area contributed by atoms with Gasteiger partial charge in [0.1, 0.15) is 5.60 Å². The molecule has 1 aromatic carbocycles. The maximum absolute atomic E-state index is 10.5. The zero-order valence-electron chi connectivity index (χ0n) is 8.79. The van der Waals surface area contributed by atoms with Crippen LogP contribution >= 0.6 is 11.6 Å². The van der Waals surface area contributed by atoms with E-state index in [0.717, 1.165) is 24.8 Å². The van der Waals surface area contributed by atoms with Gasteiger partial charge in [-0.25, -0.2) is 0 Å². The molecule has 1 aliphatic rings. The molecule has 2 rings (SSSR count). The fourth-order valence-corrected chi connectivity index (χ4v) is 2.47. The van der Waals surface area contributed by atoms with Gasteiger partial charge in [0.25, 0.3) is 0 Å². The molecular weight excluding hydrogens is 212 g/mol. The van der Waals surface area contributed by atoms with Crippen LogP contribution in [0.4, 0.5) is 0 Å². The number of benzene rings is 1. The van der Waals surface area contributed by atoms with E-state index in [-0.39, 0.29) is 0 Å². The van der Waals surface area contributed by atoms with E-state index in [1.807, 2.05) is 18.2 Å². The Labute approximate surface area is 94.8 Å². The van der Waals surface area contributed by atoms with E-state index in [1.165, 1.54) is 5.56 Å². The Morgan fingerprint density at radius 3 is 3.07 bits per heavy atom. The number of halogens is 1. The van der Waals surface area contributed by atoms with E-state index in [0.29, 0.717) is 11.6 Å². The van der Waals surface area contributed by atoms with Crippen molar-refractivity contribution < 1.29 is 9.84 Å². The van der Waals surface area contributed by atoms with Gasteiger partial charge < -0.3 is 9.84 Å². The van der Waals surface area contributed by atoms with Gasteiger partial charge >= 0.3 is 0 Å². The first-order valence-corrected chi connectivity index (χ1v) is 5.54. The normalized spacial score (nSPS) is 25.0. The van der Waals surface area contributed by atoms with Gasteiger partial charge in [0.05, 0.1) is 6.61 Å². The molecule has 3 heteroatoms. The highest BCUT2D eigenvalue weighted by Gasteiger charge is 2.34. The van der Waals surface area contributed by atoms with Crippen molar-refractivity contribution in [3.05, 3.63) is 34.3 Å². The van der Waals surface area contributed by atoms with Gasteiger partial charge in [-0.05, 0) is 42.5 Å². The molecular formula is C12H15ClO2. The summed E-state index contributed by atoms with van der Waals surface area (Å²) < 4.78 is 5.09. The van der Waals surface area contributed by atoms with Crippen LogP contribution in [0.2, 0.25) is 5.02 Å². The molecule has 0 aromatic heterocycles. The van der Waals surface area contributed by atoms with E-state index in [9.17, 15) is 5.11 Å². The summed E-state index contributed by atoms with van der Waals surface area (Å²) in [6.45, 7) is 0.334. The molecule has 0 aliphatic heterocycles. The topological polar surface area (TPSA) is 29.5 Å². The molecule has 0 amide bonds. The fourth-order valence-electron chi connectivity index (χ4n) is 2.29. The molecule has 0 bridgehead atoms. The van der Waals surface area contributed by atoms with E-state index >= 15 is 0 Å². The molecule has 0 saturated heterocycles. The molecule has 1 aromatic rings. The summed E-state index contributed by atoms with van der Waals surface area (Å²) in [6, 6.07) is 5.73. The summed E-state index contributed by atoms with van der Waals surface area (Å²) in [5.74, 6) is 0. The monoisotopic (exact) mass is 226 g/mol. The van der Waals surface area contributed by atoms with Crippen LogP contribution < -0.4 is 0 Å². The highest BCUT2D eigenvalue weighted by Crippen LogP contribution is 2.36. The highest BCUT2D eigenvalue weighted by molar-refractivity contribution is 6.30. The van der Waals surface area contributed by atoms with Crippen molar-refractivity contribution >= 4 is 11.6 Å². The van der Waals surface area contributed by atoms with Gasteiger partial charge in [0, 0.05) is 12.1 Å². The first-order valence-electron chi connectivity index (χ1n) is 5.16. The second-order valence-corrected chi connectivity index (χ2v) is 4.56. The third-order valence-electron chi connectivity index (χ3n) is 2.99. The van der Waals surface area contributed by atoms with Gasteiger partial charge in [-0.15, -0.1) is 0 Å². The molecule has 1 unspecified atom stereocenters. The van der Waals surface area contributed by atoms with Crippen molar-refractivity contribution in [2.75, 3.05) is 13.7 Å². The molecule has 1 aliphatic carbocycles. The van der Waals surface area contributed by atoms with Crippen LogP contribution in [-0.2, 0) is 16.8 Å². The van der Waals surface area contributed by atoms with E-state index < -0.39 is 5.60 Å². The van der Waals surface area contributed by atoms with Crippen molar-refractivity contribution in [3.63, 3.8) is 0 Å². The Balaban J connectivity index is 2.44. The molecule has 0 fully saturated rings. The Hall–Kier alpha value is -0.570. The number of aliphatic hydroxyl groups is 1. The minimum absolute atomic E-state index is 0.334. The largest absolute Gasteiger partial charge is 0.383 e. The number of hydrogen-bond donors (Lipinski definition) is 1. The van der Waals surface area contributed by atoms with Crippen LogP contribution in [0.3, 0.4) is 0 Å². The Kier molecular flexibility index (Phi) is 3.01. The molecule has 0 saturated carbocycles. The molecule has 0 radical (unpaired) electrons. The lowest BCUT2D eigenvalue weighted by Crippen LogP contribution is -2.35. The molecule has 15 heavy (non-hydrogen) atoms. The van der Waals surface area contributed by atoms with Crippen LogP contribution in [0.25, 0.3) is 0 Å². The van der Waals surface area contributed by atoms with E-state index in [4.69, 9.17) is 16.3 Å². The predicted molar refractivity (Wildman–Crippen MR) is 60.2 cm³/mol. The predicted octanol–water partition coefficient (Wildman–Crippen LogP) is 2.51. The zero-order valence-corrected chi connectivity index (χ0v) is 9.55. The molecule has 82 valence electrons. The first-order chi connectivity index (χ1) is 7.15. The van der Waals surface area contributed by atoms with Crippen molar-refractivity contribution in [2.45, 2.75) is 24.9 Å². The van der Waals surface area contributed by atoms with Crippen LogP contribution in [0.15, 0.2) is 18.2 Å². The standard InChI is InChI=1S/C12H15ClO2/c1-15-8-12(14)6-2-3-9-4-5-10(13)7-11(9)12/h4-5,7,14H,2-3,6,8H2,1H3. The lowest BCUT2D eigenvalue weighted by Gasteiger charge is -2.34. The Morgan fingerprint density at radius 1 is 1.53 bits per heavy atom. The average molecular weight is 227 g/mol. The number of fused-ring (bicyclic) bond motifs is 1. The zero-order chi connectivity index (χ0) is 10.9. The number of aryl methyl sites for hydroxylation is 1.